The summed E-state index contributed by atoms with van der Waals surface area (Å²) in [5.74, 6) is 0.0555. The van der Waals surface area contributed by atoms with E-state index in [9.17, 15) is 14.9 Å². The molecule has 1 aliphatic rings. The predicted molar refractivity (Wildman–Crippen MR) is 141 cm³/mol. The maximum absolute atomic E-state index is 13.2. The van der Waals surface area contributed by atoms with Gasteiger partial charge in [-0.05, 0) is 41.6 Å². The predicted octanol–water partition coefficient (Wildman–Crippen LogP) is 5.47. The van der Waals surface area contributed by atoms with Gasteiger partial charge < -0.3 is 0 Å². The first kappa shape index (κ1) is 22.7. The van der Waals surface area contributed by atoms with Crippen LogP contribution in [0.25, 0.3) is 11.3 Å². The molecule has 5 rings (SSSR count). The Morgan fingerprint density at radius 3 is 2.54 bits per heavy atom. The Balaban J connectivity index is 1.62. The number of carbonyl (C=O) groups excluding carboxylic acids is 1. The third kappa shape index (κ3) is 4.39. The first-order valence-corrected chi connectivity index (χ1v) is 11.9. The van der Waals surface area contributed by atoms with E-state index < -0.39 is 8.97 Å². The van der Waals surface area contributed by atoms with Crippen LogP contribution in [0.4, 0.5) is 11.4 Å². The summed E-state index contributed by atoms with van der Waals surface area (Å²) in [5.41, 5.74) is 7.69. The molecule has 0 aliphatic carbocycles. The van der Waals surface area contributed by atoms with Gasteiger partial charge in [-0.3, -0.25) is 25.4 Å². The number of nitro groups is 1. The van der Waals surface area contributed by atoms with Gasteiger partial charge >= 0.3 is 0 Å². The lowest BCUT2D eigenvalue weighted by atomic mass is 10.1. The number of nitrogens with zero attached hydrogens (tertiary/aromatic N) is 4. The van der Waals surface area contributed by atoms with Crippen LogP contribution in [0.1, 0.15) is 31.2 Å². The van der Waals surface area contributed by atoms with Crippen LogP contribution in [0.3, 0.4) is 0 Å². The van der Waals surface area contributed by atoms with E-state index in [1.165, 1.54) is 12.1 Å². The van der Waals surface area contributed by atoms with Crippen LogP contribution in [-0.4, -0.2) is 31.9 Å². The van der Waals surface area contributed by atoms with Crippen LogP contribution in [-0.2, 0) is 0 Å². The minimum absolute atomic E-state index is 0.0681. The minimum Gasteiger partial charge on any atom is -0.277 e. The zero-order valence-electron chi connectivity index (χ0n) is 18.5. The topological polar surface area (TPSA) is 117 Å². The van der Waals surface area contributed by atoms with Gasteiger partial charge in [0.15, 0.2) is 5.84 Å². The van der Waals surface area contributed by atoms with Crippen molar-refractivity contribution in [1.29, 1.82) is 0 Å². The zero-order chi connectivity index (χ0) is 24.5. The van der Waals surface area contributed by atoms with Gasteiger partial charge in [-0.15, -0.1) is 0 Å². The van der Waals surface area contributed by atoms with Crippen LogP contribution in [0.5, 0.6) is 0 Å². The number of benzene rings is 3. The van der Waals surface area contributed by atoms with Crippen LogP contribution in [0.15, 0.2) is 83.9 Å². The first-order valence-electron chi connectivity index (χ1n) is 10.7. The van der Waals surface area contributed by atoms with E-state index in [-0.39, 0.29) is 11.6 Å². The smallest absolute Gasteiger partial charge is 0.270 e. The van der Waals surface area contributed by atoms with E-state index in [2.05, 4.69) is 38.2 Å². The number of non-ortho nitro benzene ring substituents is 1. The zero-order valence-corrected chi connectivity index (χ0v) is 20.6. The van der Waals surface area contributed by atoms with Crippen LogP contribution in [0.2, 0.25) is 0 Å². The van der Waals surface area contributed by atoms with Gasteiger partial charge in [0.05, 0.1) is 10.6 Å². The number of aromatic amines is 1. The van der Waals surface area contributed by atoms with Gasteiger partial charge in [0.25, 0.3) is 11.6 Å². The normalized spacial score (nSPS) is 14.7. The highest BCUT2D eigenvalue weighted by molar-refractivity contribution is 14.1. The second-order valence-corrected chi connectivity index (χ2v) is 9.14. The molecule has 2 heterocycles. The maximum Gasteiger partial charge on any atom is 0.270 e. The van der Waals surface area contributed by atoms with Gasteiger partial charge in [0, 0.05) is 28.8 Å². The Kier molecular flexibility index (Phi) is 6.03. The Hall–Kier alpha value is -4.06. The molecule has 1 atom stereocenters. The Morgan fingerprint density at radius 1 is 1.06 bits per heavy atom. The molecule has 174 valence electrons. The quantitative estimate of drug-likeness (QED) is 0.107. The summed E-state index contributed by atoms with van der Waals surface area (Å²) < 4.78 is -0.409. The number of aromatic nitrogens is 2. The van der Waals surface area contributed by atoms with Crippen molar-refractivity contribution in [2.75, 3.05) is 0 Å². The second-order valence-electron chi connectivity index (χ2n) is 7.96. The number of carbonyl (C=O) groups is 1. The summed E-state index contributed by atoms with van der Waals surface area (Å²) in [4.78, 5) is 29.0. The Bertz CT molecular complexity index is 1470. The summed E-state index contributed by atoms with van der Waals surface area (Å²) in [6, 6.07) is 23.1. The van der Waals surface area contributed by atoms with E-state index in [1.807, 2.05) is 49.4 Å². The fraction of sp³-hybridized carbons (Fsp3) is 0.0800. The molecule has 0 radical (unpaired) electrons. The summed E-state index contributed by atoms with van der Waals surface area (Å²) in [6.07, 6.45) is 0. The number of alkyl halides is 1. The molecule has 0 fully saturated rings. The summed E-state index contributed by atoms with van der Waals surface area (Å²) >= 11 is 2.19. The van der Waals surface area contributed by atoms with Crippen molar-refractivity contribution >= 4 is 45.7 Å². The average Bonchev–Trinajstić information content (AvgIpc) is 3.30. The third-order valence-electron chi connectivity index (χ3n) is 5.54. The molecule has 1 aromatic heterocycles. The molecule has 3 aromatic carbocycles. The molecular weight excluding hydrogens is 559 g/mol. The van der Waals surface area contributed by atoms with Gasteiger partial charge in [0.2, 0.25) is 0 Å². The number of rotatable bonds is 5. The number of amidine groups is 1. The number of fused-ring (bicyclic) bond motifs is 1. The van der Waals surface area contributed by atoms with Crippen molar-refractivity contribution in [3.63, 3.8) is 0 Å². The molecule has 4 aromatic rings. The van der Waals surface area contributed by atoms with Crippen molar-refractivity contribution < 1.29 is 9.72 Å². The fourth-order valence-electron chi connectivity index (χ4n) is 3.85. The molecule has 1 amide bonds. The summed E-state index contributed by atoms with van der Waals surface area (Å²) in [6.45, 7) is 1.91. The van der Waals surface area contributed by atoms with E-state index in [0.29, 0.717) is 34.0 Å². The maximum atomic E-state index is 13.2. The van der Waals surface area contributed by atoms with Gasteiger partial charge in [0.1, 0.15) is 15.4 Å². The third-order valence-corrected chi connectivity index (χ3v) is 6.72. The number of hydrogen-bond acceptors (Lipinski definition) is 6. The van der Waals surface area contributed by atoms with E-state index in [4.69, 9.17) is 4.99 Å². The number of nitro benzene ring substituents is 1. The average molecular weight is 578 g/mol. The van der Waals surface area contributed by atoms with Crippen LogP contribution >= 0.6 is 22.6 Å². The van der Waals surface area contributed by atoms with Crippen molar-refractivity contribution in [1.82, 2.24) is 20.6 Å². The van der Waals surface area contributed by atoms with E-state index in [0.717, 1.165) is 11.1 Å². The lowest BCUT2D eigenvalue weighted by Gasteiger charge is -2.33. The molecule has 0 bridgehead atoms. The molecule has 1 unspecified atom stereocenters. The molecule has 0 saturated carbocycles. The Morgan fingerprint density at radius 2 is 1.80 bits per heavy atom. The largest absolute Gasteiger partial charge is 0.277 e. The van der Waals surface area contributed by atoms with Gasteiger partial charge in [-0.1, -0.05) is 60.2 Å². The monoisotopic (exact) mass is 578 g/mol. The van der Waals surface area contributed by atoms with Crippen molar-refractivity contribution in [3.8, 4) is 11.3 Å². The van der Waals surface area contributed by atoms with Gasteiger partial charge in [-0.2, -0.15) is 5.10 Å². The lowest BCUT2D eigenvalue weighted by Crippen LogP contribution is -2.48. The molecule has 0 saturated heterocycles. The lowest BCUT2D eigenvalue weighted by molar-refractivity contribution is -0.384. The number of nitrogens with one attached hydrogen (secondary N) is 2. The molecule has 35 heavy (non-hydrogen) atoms. The molecule has 0 spiro atoms. The number of aryl methyl sites for hydroxylation is 1. The van der Waals surface area contributed by atoms with Crippen molar-refractivity contribution in [2.45, 2.75) is 11.0 Å². The van der Waals surface area contributed by atoms with E-state index in [1.54, 1.807) is 29.3 Å². The standard InChI is InChI=1S/C25H19IN6O3/c1-15-7-5-11-18(13-15)25(33)30-31-23(26)22-21(20(28-29-22)16-8-3-2-4-9-16)27-24(31)17-10-6-12-19(14-17)32(34)35/h2-14,23H,1H3,(H,28,29)(H,30,33). The van der Waals surface area contributed by atoms with Crippen molar-refractivity contribution in [2.24, 2.45) is 4.99 Å². The molecule has 10 heteroatoms. The number of H-pyrrole nitrogens is 1. The number of aliphatic imine (C=N–C) groups is 1. The first-order chi connectivity index (χ1) is 16.9. The fourth-order valence-corrected chi connectivity index (χ4v) is 4.69. The van der Waals surface area contributed by atoms with Crippen molar-refractivity contribution in [3.05, 3.63) is 111 Å². The highest BCUT2D eigenvalue weighted by Gasteiger charge is 2.34. The minimum atomic E-state index is -0.456. The SMILES string of the molecule is Cc1cccc(C(=O)NN2C(c3cccc([N+](=O)[O-])c3)=Nc3c(-c4ccccc4)n[nH]c3C2I)c1. The molecular formula is C25H19IN6O3. The van der Waals surface area contributed by atoms with E-state index >= 15 is 0 Å². The molecule has 1 aliphatic heterocycles. The highest BCUT2D eigenvalue weighted by atomic mass is 127. The van der Waals surface area contributed by atoms with Crippen LogP contribution in [0, 0.1) is 17.0 Å². The number of hydrogen-bond donors (Lipinski definition) is 2. The summed E-state index contributed by atoms with van der Waals surface area (Å²) in [5, 5.41) is 20.6. The van der Waals surface area contributed by atoms with Crippen LogP contribution < -0.4 is 5.43 Å². The molecule has 2 N–H and O–H groups in total. The highest BCUT2D eigenvalue weighted by Crippen LogP contribution is 2.43. The second kappa shape index (κ2) is 9.29. The molecule has 9 nitrogen and oxygen atoms in total. The number of amides is 1. The van der Waals surface area contributed by atoms with Gasteiger partial charge in [-0.25, -0.2) is 10.0 Å². The summed E-state index contributed by atoms with van der Waals surface area (Å²) in [7, 11) is 0. The number of halogens is 1. The Labute approximate surface area is 214 Å². The number of hydrazine groups is 1.